The maximum atomic E-state index is 14.4. The molecular formula is C29H31ClF3N3O6. The van der Waals surface area contributed by atoms with E-state index in [-0.39, 0.29) is 51.5 Å². The lowest BCUT2D eigenvalue weighted by molar-refractivity contribution is -0.0707. The van der Waals surface area contributed by atoms with Crippen LogP contribution in [0.5, 0.6) is 11.5 Å². The van der Waals surface area contributed by atoms with Gasteiger partial charge in [0.15, 0.2) is 28.6 Å². The fourth-order valence-electron chi connectivity index (χ4n) is 4.03. The summed E-state index contributed by atoms with van der Waals surface area (Å²) >= 11 is 5.82. The summed E-state index contributed by atoms with van der Waals surface area (Å²) < 4.78 is 62.4. The minimum absolute atomic E-state index is 0.0376. The van der Waals surface area contributed by atoms with Gasteiger partial charge in [-0.15, -0.1) is 0 Å². The van der Waals surface area contributed by atoms with Crippen molar-refractivity contribution in [2.45, 2.75) is 59.3 Å². The molecule has 1 aliphatic carbocycles. The average molecular weight is 610 g/mol. The van der Waals surface area contributed by atoms with Crippen molar-refractivity contribution in [1.29, 1.82) is 0 Å². The number of carbonyl (C=O) groups is 2. The normalized spacial score (nSPS) is 14.8. The van der Waals surface area contributed by atoms with Crippen molar-refractivity contribution in [3.63, 3.8) is 0 Å². The first-order valence-electron chi connectivity index (χ1n) is 13.1. The summed E-state index contributed by atoms with van der Waals surface area (Å²) in [7, 11) is 0. The second kappa shape index (κ2) is 12.1. The van der Waals surface area contributed by atoms with E-state index in [9.17, 15) is 22.8 Å². The SMILES string of the molecule is CC(C)(C)C(C)(OC(N)=O)c1oc(-c2ccc(OC(F)F)c(OCC3CC3)c2)nc1C(=O)NCc1ccc(Cl)cc1F. The van der Waals surface area contributed by atoms with E-state index in [4.69, 9.17) is 31.2 Å². The van der Waals surface area contributed by atoms with Crippen molar-refractivity contribution in [2.75, 3.05) is 6.61 Å². The molecule has 226 valence electrons. The number of aromatic nitrogens is 1. The molecule has 0 radical (unpaired) electrons. The molecule has 1 saturated carbocycles. The number of halogens is 4. The van der Waals surface area contributed by atoms with Gasteiger partial charge < -0.3 is 29.7 Å². The van der Waals surface area contributed by atoms with E-state index in [1.807, 2.05) is 0 Å². The molecule has 0 aliphatic heterocycles. The summed E-state index contributed by atoms with van der Waals surface area (Å²) in [6, 6.07) is 8.11. The predicted molar refractivity (Wildman–Crippen MR) is 147 cm³/mol. The van der Waals surface area contributed by atoms with Gasteiger partial charge in [-0.25, -0.2) is 14.2 Å². The van der Waals surface area contributed by atoms with Crippen molar-refractivity contribution in [3.05, 3.63) is 64.3 Å². The van der Waals surface area contributed by atoms with Crippen LogP contribution in [-0.4, -0.2) is 30.2 Å². The molecule has 1 atom stereocenters. The fourth-order valence-corrected chi connectivity index (χ4v) is 4.18. The number of nitrogens with zero attached hydrogens (tertiary/aromatic N) is 1. The van der Waals surface area contributed by atoms with Crippen molar-refractivity contribution in [2.24, 2.45) is 17.1 Å². The second-order valence-corrected chi connectivity index (χ2v) is 11.6. The summed E-state index contributed by atoms with van der Waals surface area (Å²) in [5, 5.41) is 2.79. The van der Waals surface area contributed by atoms with Gasteiger partial charge in [0, 0.05) is 28.1 Å². The summed E-state index contributed by atoms with van der Waals surface area (Å²) in [5.74, 6) is -1.44. The quantitative estimate of drug-likeness (QED) is 0.244. The van der Waals surface area contributed by atoms with Gasteiger partial charge in [-0.05, 0) is 56.0 Å². The highest BCUT2D eigenvalue weighted by molar-refractivity contribution is 6.30. The number of amides is 2. The smallest absolute Gasteiger partial charge is 0.405 e. The number of primary amides is 1. The third-order valence-electron chi connectivity index (χ3n) is 7.04. The molecule has 4 rings (SSSR count). The van der Waals surface area contributed by atoms with Crippen molar-refractivity contribution >= 4 is 23.6 Å². The number of rotatable bonds is 11. The van der Waals surface area contributed by atoms with Crippen LogP contribution in [0.4, 0.5) is 18.0 Å². The molecule has 42 heavy (non-hydrogen) atoms. The summed E-state index contributed by atoms with van der Waals surface area (Å²) in [6.07, 6.45) is 0.818. The Morgan fingerprint density at radius 3 is 2.45 bits per heavy atom. The Morgan fingerprint density at radius 2 is 1.86 bits per heavy atom. The third kappa shape index (κ3) is 7.10. The Bertz CT molecular complexity index is 1470. The van der Waals surface area contributed by atoms with Gasteiger partial charge in [0.2, 0.25) is 5.89 Å². The zero-order valence-corrected chi connectivity index (χ0v) is 24.2. The molecule has 1 aliphatic rings. The number of benzene rings is 2. The van der Waals surface area contributed by atoms with Crippen molar-refractivity contribution in [1.82, 2.24) is 10.3 Å². The van der Waals surface area contributed by atoms with E-state index < -0.39 is 35.4 Å². The number of hydrogen-bond donors (Lipinski definition) is 2. The van der Waals surface area contributed by atoms with Gasteiger partial charge in [0.25, 0.3) is 5.91 Å². The standard InChI is InChI=1S/C29H31ClF3N3O6/c1-28(2,3)29(4,42-27(34)38)23-22(24(37)35-13-17-7-9-18(30)12-19(17)31)36-25(41-23)16-8-10-20(40-26(32)33)21(11-16)39-14-15-5-6-15/h7-12,15,26H,5-6,13-14H2,1-4H3,(H2,34,38)(H,35,37). The van der Waals surface area contributed by atoms with E-state index in [0.717, 1.165) is 18.9 Å². The molecule has 3 aromatic rings. The Hall–Kier alpha value is -3.93. The molecule has 1 fully saturated rings. The molecular weight excluding hydrogens is 579 g/mol. The lowest BCUT2D eigenvalue weighted by atomic mass is 9.75. The number of nitrogens with one attached hydrogen (secondary N) is 1. The number of ether oxygens (including phenoxy) is 3. The first-order valence-corrected chi connectivity index (χ1v) is 13.5. The zero-order valence-electron chi connectivity index (χ0n) is 23.4. The highest BCUT2D eigenvalue weighted by atomic mass is 35.5. The van der Waals surface area contributed by atoms with Crippen molar-refractivity contribution < 1.29 is 41.4 Å². The third-order valence-corrected chi connectivity index (χ3v) is 7.28. The van der Waals surface area contributed by atoms with E-state index in [1.165, 1.54) is 37.3 Å². The summed E-state index contributed by atoms with van der Waals surface area (Å²) in [6.45, 7) is 3.75. The van der Waals surface area contributed by atoms with Gasteiger partial charge in [-0.3, -0.25) is 4.79 Å². The number of alkyl halides is 2. The monoisotopic (exact) mass is 609 g/mol. The van der Waals surface area contributed by atoms with Gasteiger partial charge in [-0.2, -0.15) is 8.78 Å². The van der Waals surface area contributed by atoms with E-state index in [1.54, 1.807) is 20.8 Å². The Morgan fingerprint density at radius 1 is 1.14 bits per heavy atom. The molecule has 0 spiro atoms. The molecule has 1 aromatic heterocycles. The molecule has 1 heterocycles. The molecule has 3 N–H and O–H groups in total. The molecule has 9 nitrogen and oxygen atoms in total. The topological polar surface area (TPSA) is 126 Å². The van der Waals surface area contributed by atoms with Gasteiger partial charge in [0.1, 0.15) is 5.82 Å². The molecule has 2 aromatic carbocycles. The van der Waals surface area contributed by atoms with Crippen LogP contribution < -0.4 is 20.5 Å². The van der Waals surface area contributed by atoms with Crippen LogP contribution in [0.25, 0.3) is 11.5 Å². The predicted octanol–water partition coefficient (Wildman–Crippen LogP) is 6.81. The largest absolute Gasteiger partial charge is 0.489 e. The molecule has 2 amide bonds. The summed E-state index contributed by atoms with van der Waals surface area (Å²) in [5.41, 5.74) is 3.09. The molecule has 0 bridgehead atoms. The molecule has 13 heteroatoms. The lowest BCUT2D eigenvalue weighted by Gasteiger charge is -2.38. The highest BCUT2D eigenvalue weighted by Crippen LogP contribution is 2.46. The van der Waals surface area contributed by atoms with E-state index in [2.05, 4.69) is 15.0 Å². The van der Waals surface area contributed by atoms with Crippen LogP contribution in [-0.2, 0) is 16.9 Å². The van der Waals surface area contributed by atoms with Crippen LogP contribution in [0.3, 0.4) is 0 Å². The van der Waals surface area contributed by atoms with Crippen molar-refractivity contribution in [3.8, 4) is 23.0 Å². The fraction of sp³-hybridized carbons (Fsp3) is 0.414. The number of oxazole rings is 1. The number of carbonyl (C=O) groups excluding carboxylic acids is 2. The summed E-state index contributed by atoms with van der Waals surface area (Å²) in [4.78, 5) is 29.8. The van der Waals surface area contributed by atoms with Crippen LogP contribution in [0, 0.1) is 17.2 Å². The highest BCUT2D eigenvalue weighted by Gasteiger charge is 2.49. The van der Waals surface area contributed by atoms with E-state index >= 15 is 0 Å². The van der Waals surface area contributed by atoms with Gasteiger partial charge in [0.05, 0.1) is 6.61 Å². The van der Waals surface area contributed by atoms with Crippen LogP contribution in [0.2, 0.25) is 5.02 Å². The number of nitrogens with two attached hydrogens (primary N) is 1. The lowest BCUT2D eigenvalue weighted by Crippen LogP contribution is -2.44. The zero-order chi connectivity index (χ0) is 30.8. The minimum atomic E-state index is -3.08. The number of hydrogen-bond acceptors (Lipinski definition) is 7. The maximum Gasteiger partial charge on any atom is 0.405 e. The van der Waals surface area contributed by atoms with Crippen LogP contribution in [0.1, 0.15) is 62.3 Å². The van der Waals surface area contributed by atoms with Crippen LogP contribution in [0.15, 0.2) is 40.8 Å². The first kappa shape index (κ1) is 31.0. The molecule has 0 saturated heterocycles. The maximum absolute atomic E-state index is 14.4. The average Bonchev–Trinajstić information content (AvgIpc) is 3.61. The Labute approximate surface area is 245 Å². The van der Waals surface area contributed by atoms with Gasteiger partial charge >= 0.3 is 12.7 Å². The second-order valence-electron chi connectivity index (χ2n) is 11.1. The van der Waals surface area contributed by atoms with Gasteiger partial charge in [-0.1, -0.05) is 38.4 Å². The van der Waals surface area contributed by atoms with Crippen LogP contribution >= 0.6 is 11.6 Å². The molecule has 1 unspecified atom stereocenters. The first-order chi connectivity index (χ1) is 19.7. The Kier molecular flexibility index (Phi) is 8.95. The Balaban J connectivity index is 1.77. The van der Waals surface area contributed by atoms with E-state index in [0.29, 0.717) is 12.5 Å². The minimum Gasteiger partial charge on any atom is -0.489 e.